The molecule has 0 atom stereocenters. The Morgan fingerprint density at radius 2 is 1.83 bits per heavy atom. The summed E-state index contributed by atoms with van der Waals surface area (Å²) >= 11 is 0. The monoisotopic (exact) mass is 414 g/mol. The predicted molar refractivity (Wildman–Crippen MR) is 103 cm³/mol. The van der Waals surface area contributed by atoms with Crippen LogP contribution in [0.2, 0.25) is 0 Å². The number of hydrogen-bond donors (Lipinski definition) is 1. The van der Waals surface area contributed by atoms with Crippen molar-refractivity contribution in [1.82, 2.24) is 14.8 Å². The highest BCUT2D eigenvalue weighted by Gasteiger charge is 2.28. The molecular formula is C21H14F4N4O. The number of fused-ring (bicyclic) bond motifs is 1. The molecule has 9 heteroatoms. The van der Waals surface area contributed by atoms with Gasteiger partial charge < -0.3 is 5.32 Å². The molecule has 152 valence electrons. The van der Waals surface area contributed by atoms with Crippen LogP contribution in [0.5, 0.6) is 0 Å². The highest BCUT2D eigenvalue weighted by Crippen LogP contribution is 2.31. The van der Waals surface area contributed by atoms with Crippen LogP contribution in [0.4, 0.5) is 23.2 Å². The van der Waals surface area contributed by atoms with Crippen LogP contribution in [0.3, 0.4) is 0 Å². The Balaban J connectivity index is 1.68. The molecule has 1 amide bonds. The summed E-state index contributed by atoms with van der Waals surface area (Å²) in [7, 11) is 0. The minimum absolute atomic E-state index is 0.276. The van der Waals surface area contributed by atoms with E-state index < -0.39 is 24.4 Å². The van der Waals surface area contributed by atoms with Gasteiger partial charge in [0.05, 0.1) is 17.4 Å². The maximum Gasteiger partial charge on any atom is 0.408 e. The van der Waals surface area contributed by atoms with Gasteiger partial charge >= 0.3 is 6.18 Å². The van der Waals surface area contributed by atoms with Crippen LogP contribution in [0.15, 0.2) is 67.1 Å². The fraction of sp³-hybridized carbons (Fsp3) is 0.0952. The molecule has 4 rings (SSSR count). The van der Waals surface area contributed by atoms with Gasteiger partial charge in [-0.3, -0.25) is 14.5 Å². The minimum Gasteiger partial charge on any atom is -0.320 e. The SMILES string of the molecule is O=C(Nc1cccc2c(-c3cnn(CC(F)(F)F)c3)ccnc12)c1ccc(F)cc1. The molecule has 2 aromatic carbocycles. The highest BCUT2D eigenvalue weighted by atomic mass is 19.4. The molecule has 0 aliphatic heterocycles. The van der Waals surface area contributed by atoms with Crippen LogP contribution in [0.1, 0.15) is 10.4 Å². The van der Waals surface area contributed by atoms with E-state index in [9.17, 15) is 22.4 Å². The van der Waals surface area contributed by atoms with Crippen LogP contribution >= 0.6 is 0 Å². The first-order valence-corrected chi connectivity index (χ1v) is 8.84. The molecule has 0 radical (unpaired) electrons. The zero-order valence-electron chi connectivity index (χ0n) is 15.3. The van der Waals surface area contributed by atoms with Crippen LogP contribution < -0.4 is 5.32 Å². The first kappa shape index (κ1) is 19.6. The highest BCUT2D eigenvalue weighted by molar-refractivity contribution is 6.10. The van der Waals surface area contributed by atoms with Crippen molar-refractivity contribution in [1.29, 1.82) is 0 Å². The molecular weight excluding hydrogens is 400 g/mol. The zero-order chi connectivity index (χ0) is 21.3. The molecule has 0 saturated carbocycles. The quantitative estimate of drug-likeness (QED) is 0.476. The van der Waals surface area contributed by atoms with Crippen molar-refractivity contribution in [2.75, 3.05) is 5.32 Å². The number of halogens is 4. The molecule has 0 aliphatic rings. The average molecular weight is 414 g/mol. The number of amides is 1. The summed E-state index contributed by atoms with van der Waals surface area (Å²) in [5.74, 6) is -0.887. The summed E-state index contributed by atoms with van der Waals surface area (Å²) in [6, 6.07) is 11.9. The fourth-order valence-corrected chi connectivity index (χ4v) is 3.10. The van der Waals surface area contributed by atoms with E-state index in [1.807, 2.05) is 0 Å². The number of carbonyl (C=O) groups excluding carboxylic acids is 1. The summed E-state index contributed by atoms with van der Waals surface area (Å²) in [5, 5.41) is 7.16. The number of carbonyl (C=O) groups is 1. The molecule has 0 bridgehead atoms. The van der Waals surface area contributed by atoms with Crippen molar-refractivity contribution >= 4 is 22.5 Å². The zero-order valence-corrected chi connectivity index (χ0v) is 15.3. The standard InChI is InChI=1S/C21H14F4N4O/c22-15-6-4-13(5-7-15)20(30)28-18-3-1-2-17-16(8-9-26-19(17)18)14-10-27-29(11-14)12-21(23,24)25/h1-11H,12H2,(H,28,30). The van der Waals surface area contributed by atoms with Gasteiger partial charge in [0.1, 0.15) is 12.4 Å². The van der Waals surface area contributed by atoms with Gasteiger partial charge in [-0.15, -0.1) is 0 Å². The number of hydrogen-bond acceptors (Lipinski definition) is 3. The van der Waals surface area contributed by atoms with Crippen molar-refractivity contribution in [2.24, 2.45) is 0 Å². The fourth-order valence-electron chi connectivity index (χ4n) is 3.10. The second-order valence-electron chi connectivity index (χ2n) is 6.56. The molecule has 0 fully saturated rings. The summed E-state index contributed by atoms with van der Waals surface area (Å²) in [4.78, 5) is 16.8. The van der Waals surface area contributed by atoms with E-state index in [1.54, 1.807) is 24.3 Å². The van der Waals surface area contributed by atoms with Gasteiger partial charge in [0.25, 0.3) is 5.91 Å². The van der Waals surface area contributed by atoms with Crippen LogP contribution in [0.25, 0.3) is 22.0 Å². The lowest BCUT2D eigenvalue weighted by Gasteiger charge is -2.10. The van der Waals surface area contributed by atoms with Gasteiger partial charge in [-0.2, -0.15) is 18.3 Å². The van der Waals surface area contributed by atoms with E-state index in [2.05, 4.69) is 15.4 Å². The van der Waals surface area contributed by atoms with Gasteiger partial charge in [-0.05, 0) is 42.0 Å². The smallest absolute Gasteiger partial charge is 0.320 e. The number of anilines is 1. The normalized spacial score (nSPS) is 11.6. The number of alkyl halides is 3. The second kappa shape index (κ2) is 7.58. The Bertz CT molecular complexity index is 1220. The predicted octanol–water partition coefficient (Wildman–Crippen LogP) is 5.05. The number of pyridine rings is 1. The molecule has 0 unspecified atom stereocenters. The number of aromatic nitrogens is 3. The van der Waals surface area contributed by atoms with Crippen LogP contribution in [0, 0.1) is 5.82 Å². The molecule has 0 spiro atoms. The summed E-state index contributed by atoms with van der Waals surface area (Å²) in [5.41, 5.74) is 2.29. The van der Waals surface area contributed by atoms with Crippen molar-refractivity contribution in [3.8, 4) is 11.1 Å². The lowest BCUT2D eigenvalue weighted by molar-refractivity contribution is -0.142. The molecule has 30 heavy (non-hydrogen) atoms. The van der Waals surface area contributed by atoms with E-state index >= 15 is 0 Å². The van der Waals surface area contributed by atoms with Gasteiger partial charge in [0.2, 0.25) is 0 Å². The van der Waals surface area contributed by atoms with Crippen LogP contribution in [-0.4, -0.2) is 26.8 Å². The maximum atomic E-state index is 13.1. The van der Waals surface area contributed by atoms with Gasteiger partial charge in [-0.25, -0.2) is 4.39 Å². The van der Waals surface area contributed by atoms with Crippen molar-refractivity contribution in [2.45, 2.75) is 12.7 Å². The molecule has 4 aromatic rings. The van der Waals surface area contributed by atoms with E-state index in [1.165, 1.54) is 42.9 Å². The first-order chi connectivity index (χ1) is 14.3. The number of benzene rings is 2. The van der Waals surface area contributed by atoms with Crippen molar-refractivity contribution in [3.63, 3.8) is 0 Å². The van der Waals surface area contributed by atoms with E-state index in [-0.39, 0.29) is 5.56 Å². The Hall–Kier alpha value is -3.75. The van der Waals surface area contributed by atoms with Crippen molar-refractivity contribution < 1.29 is 22.4 Å². The number of para-hydroxylation sites is 1. The largest absolute Gasteiger partial charge is 0.408 e. The summed E-state index contributed by atoms with van der Waals surface area (Å²) < 4.78 is 51.7. The Labute approximate surface area is 168 Å². The third-order valence-electron chi connectivity index (χ3n) is 4.41. The summed E-state index contributed by atoms with van der Waals surface area (Å²) in [6.45, 7) is -1.19. The van der Waals surface area contributed by atoms with Gasteiger partial charge in [-0.1, -0.05) is 12.1 Å². The van der Waals surface area contributed by atoms with E-state index in [4.69, 9.17) is 0 Å². The van der Waals surface area contributed by atoms with Gasteiger partial charge in [0, 0.05) is 28.9 Å². The molecule has 5 nitrogen and oxygen atoms in total. The Morgan fingerprint density at radius 1 is 1.07 bits per heavy atom. The number of rotatable bonds is 4. The lowest BCUT2D eigenvalue weighted by atomic mass is 10.0. The maximum absolute atomic E-state index is 13.1. The molecule has 2 heterocycles. The Morgan fingerprint density at radius 3 is 2.57 bits per heavy atom. The molecule has 0 aliphatic carbocycles. The molecule has 2 aromatic heterocycles. The lowest BCUT2D eigenvalue weighted by Crippen LogP contribution is -2.17. The molecule has 1 N–H and O–H groups in total. The van der Waals surface area contributed by atoms with E-state index in [0.717, 1.165) is 4.68 Å². The van der Waals surface area contributed by atoms with Crippen molar-refractivity contribution in [3.05, 3.63) is 78.5 Å². The third kappa shape index (κ3) is 4.14. The third-order valence-corrected chi connectivity index (χ3v) is 4.41. The Kier molecular flexibility index (Phi) is 4.94. The average Bonchev–Trinajstić information content (AvgIpc) is 3.14. The summed E-state index contributed by atoms with van der Waals surface area (Å²) in [6.07, 6.45) is -0.204. The number of nitrogens with one attached hydrogen (secondary N) is 1. The topological polar surface area (TPSA) is 59.8 Å². The second-order valence-corrected chi connectivity index (χ2v) is 6.56. The first-order valence-electron chi connectivity index (χ1n) is 8.84. The van der Waals surface area contributed by atoms with Gasteiger partial charge in [0.15, 0.2) is 0 Å². The van der Waals surface area contributed by atoms with E-state index in [0.29, 0.717) is 27.7 Å². The molecule has 0 saturated heterocycles. The number of nitrogens with zero attached hydrogens (tertiary/aromatic N) is 3. The minimum atomic E-state index is -4.37. The van der Waals surface area contributed by atoms with Crippen LogP contribution in [-0.2, 0) is 6.54 Å².